The van der Waals surface area contributed by atoms with Crippen LogP contribution >= 0.6 is 11.8 Å². The van der Waals surface area contributed by atoms with Gasteiger partial charge in [0.15, 0.2) is 0 Å². The molecule has 2 aliphatic carbocycles. The second-order valence-electron chi connectivity index (χ2n) is 18.4. The standard InChI is InChI=1S/C62H42N2S/c1-61(2)50-24-9-6-20-44(50)46-33-30-42(37-55(46)61)63(41-32-35-57-49(36-41)47-22-8-12-28-56(47)64(57)40-18-4-3-5-19-40)43-31-34-53-59(38-43)65-58-29-13-11-26-52(58)62(53)51-25-10-7-21-45(51)48-23-14-16-39-17-15-27-54(62)60(39)48/h3-38H,1-2H3. The number of benzene rings is 10. The summed E-state index contributed by atoms with van der Waals surface area (Å²) in [6.07, 6.45) is 0. The average Bonchev–Trinajstić information content (AvgIpc) is 3.80. The fraction of sp³-hybridized carbons (Fsp3) is 0.0645. The molecule has 10 aromatic carbocycles. The lowest BCUT2D eigenvalue weighted by molar-refractivity contribution is 0.660. The van der Waals surface area contributed by atoms with Gasteiger partial charge in [0, 0.05) is 48.7 Å². The van der Waals surface area contributed by atoms with Crippen molar-refractivity contribution in [2.24, 2.45) is 0 Å². The van der Waals surface area contributed by atoms with Crippen LogP contribution in [0.25, 0.3) is 60.5 Å². The Morgan fingerprint density at radius 3 is 1.83 bits per heavy atom. The molecule has 3 aliphatic rings. The highest BCUT2D eigenvalue weighted by Crippen LogP contribution is 2.62. The third-order valence-corrected chi connectivity index (χ3v) is 16.0. The fourth-order valence-electron chi connectivity index (χ4n) is 12.1. The Bertz CT molecular complexity index is 3800. The second-order valence-corrected chi connectivity index (χ2v) is 19.5. The van der Waals surface area contributed by atoms with Crippen molar-refractivity contribution in [3.63, 3.8) is 0 Å². The van der Waals surface area contributed by atoms with Gasteiger partial charge in [-0.2, -0.15) is 0 Å². The molecule has 0 fully saturated rings. The van der Waals surface area contributed by atoms with Gasteiger partial charge in [0.2, 0.25) is 0 Å². The molecule has 1 atom stereocenters. The lowest BCUT2D eigenvalue weighted by Gasteiger charge is -2.46. The van der Waals surface area contributed by atoms with Crippen molar-refractivity contribution >= 4 is 61.4 Å². The average molecular weight is 847 g/mol. The quantitative estimate of drug-likeness (QED) is 0.174. The highest BCUT2D eigenvalue weighted by Gasteiger charge is 2.48. The van der Waals surface area contributed by atoms with Crippen molar-refractivity contribution in [1.82, 2.24) is 4.57 Å². The molecule has 0 saturated heterocycles. The van der Waals surface area contributed by atoms with E-state index in [0.717, 1.165) is 22.7 Å². The summed E-state index contributed by atoms with van der Waals surface area (Å²) in [6.45, 7) is 4.76. The number of rotatable bonds is 4. The van der Waals surface area contributed by atoms with Crippen LogP contribution in [0.3, 0.4) is 0 Å². The Hall–Kier alpha value is -7.59. The zero-order chi connectivity index (χ0) is 43.0. The summed E-state index contributed by atoms with van der Waals surface area (Å²) in [6, 6.07) is 82.1. The van der Waals surface area contributed by atoms with Crippen molar-refractivity contribution in [1.29, 1.82) is 0 Å². The van der Waals surface area contributed by atoms with Gasteiger partial charge in [0.25, 0.3) is 0 Å². The first-order valence-corrected chi connectivity index (χ1v) is 23.5. The van der Waals surface area contributed by atoms with Gasteiger partial charge in [-0.15, -0.1) is 0 Å². The Morgan fingerprint density at radius 2 is 0.969 bits per heavy atom. The van der Waals surface area contributed by atoms with E-state index in [1.165, 1.54) is 98.0 Å². The van der Waals surface area contributed by atoms with Gasteiger partial charge in [-0.05, 0) is 133 Å². The van der Waals surface area contributed by atoms with Crippen LogP contribution in [0.15, 0.2) is 228 Å². The summed E-state index contributed by atoms with van der Waals surface area (Å²) in [7, 11) is 0. The smallest absolute Gasteiger partial charge is 0.0735 e. The van der Waals surface area contributed by atoms with E-state index in [1.54, 1.807) is 0 Å². The summed E-state index contributed by atoms with van der Waals surface area (Å²) in [5.41, 5.74) is 19.7. The molecule has 1 unspecified atom stereocenters. The number of para-hydroxylation sites is 2. The minimum Gasteiger partial charge on any atom is -0.310 e. The van der Waals surface area contributed by atoms with Gasteiger partial charge in [0.1, 0.15) is 0 Å². The molecule has 0 N–H and O–H groups in total. The molecule has 306 valence electrons. The highest BCUT2D eigenvalue weighted by atomic mass is 32.2. The monoisotopic (exact) mass is 846 g/mol. The molecule has 0 radical (unpaired) electrons. The predicted molar refractivity (Wildman–Crippen MR) is 272 cm³/mol. The lowest BCUT2D eigenvalue weighted by Crippen LogP contribution is -2.36. The van der Waals surface area contributed by atoms with Crippen molar-refractivity contribution in [2.45, 2.75) is 34.5 Å². The van der Waals surface area contributed by atoms with Gasteiger partial charge in [-0.25, -0.2) is 0 Å². The first-order valence-electron chi connectivity index (χ1n) is 22.7. The maximum atomic E-state index is 2.51. The van der Waals surface area contributed by atoms with Gasteiger partial charge in [-0.3, -0.25) is 0 Å². The summed E-state index contributed by atoms with van der Waals surface area (Å²) >= 11 is 1.90. The summed E-state index contributed by atoms with van der Waals surface area (Å²) in [5, 5.41) is 5.09. The van der Waals surface area contributed by atoms with Crippen LogP contribution in [0.4, 0.5) is 17.1 Å². The van der Waals surface area contributed by atoms with Crippen LogP contribution in [0.2, 0.25) is 0 Å². The van der Waals surface area contributed by atoms with E-state index in [4.69, 9.17) is 0 Å². The van der Waals surface area contributed by atoms with Crippen LogP contribution in [0.5, 0.6) is 0 Å². The number of aromatic nitrogens is 1. The number of hydrogen-bond donors (Lipinski definition) is 0. The van der Waals surface area contributed by atoms with Gasteiger partial charge < -0.3 is 9.47 Å². The first-order chi connectivity index (χ1) is 32.0. The van der Waals surface area contributed by atoms with E-state index in [1.807, 2.05) is 11.8 Å². The molecule has 2 nitrogen and oxygen atoms in total. The molecule has 11 aromatic rings. The first kappa shape index (κ1) is 36.8. The molecular formula is C62H42N2S. The minimum absolute atomic E-state index is 0.145. The third kappa shape index (κ3) is 4.96. The molecule has 1 spiro atoms. The second kappa shape index (κ2) is 13.5. The molecule has 1 aliphatic heterocycles. The summed E-state index contributed by atoms with van der Waals surface area (Å²) in [5.74, 6) is 0. The molecule has 0 saturated carbocycles. The van der Waals surface area contributed by atoms with Crippen molar-refractivity contribution < 1.29 is 0 Å². The SMILES string of the molecule is CC1(C)c2ccccc2-c2ccc(N(c3ccc4c(c3)Sc3ccccc3C43c4ccccc4-c4cccc5cccc3c45)c3ccc4c(c3)c3ccccc3n4-c3ccccc3)cc21. The van der Waals surface area contributed by atoms with Gasteiger partial charge in [-0.1, -0.05) is 177 Å². The molecule has 3 heteroatoms. The van der Waals surface area contributed by atoms with Gasteiger partial charge >= 0.3 is 0 Å². The number of hydrogen-bond acceptors (Lipinski definition) is 2. The summed E-state index contributed by atoms with van der Waals surface area (Å²) < 4.78 is 2.40. The van der Waals surface area contributed by atoms with Crippen LogP contribution < -0.4 is 4.90 Å². The molecule has 0 amide bonds. The van der Waals surface area contributed by atoms with E-state index in [2.05, 4.69) is 242 Å². The zero-order valence-corrected chi connectivity index (χ0v) is 36.9. The summed E-state index contributed by atoms with van der Waals surface area (Å²) in [4.78, 5) is 5.07. The fourth-order valence-corrected chi connectivity index (χ4v) is 13.3. The van der Waals surface area contributed by atoms with Gasteiger partial charge in [0.05, 0.1) is 16.4 Å². The van der Waals surface area contributed by atoms with Crippen LogP contribution in [0, 0.1) is 0 Å². The van der Waals surface area contributed by atoms with Crippen molar-refractivity contribution in [3.8, 4) is 27.9 Å². The number of anilines is 3. The van der Waals surface area contributed by atoms with E-state index >= 15 is 0 Å². The number of nitrogens with zero attached hydrogens (tertiary/aromatic N) is 2. The Morgan fingerprint density at radius 1 is 0.385 bits per heavy atom. The van der Waals surface area contributed by atoms with Crippen LogP contribution in [-0.2, 0) is 10.8 Å². The van der Waals surface area contributed by atoms with Crippen LogP contribution in [0.1, 0.15) is 47.2 Å². The molecule has 0 bridgehead atoms. The zero-order valence-electron chi connectivity index (χ0n) is 36.1. The maximum absolute atomic E-state index is 2.51. The Balaban J connectivity index is 1.03. The third-order valence-electron chi connectivity index (χ3n) is 14.8. The Kier molecular flexibility index (Phi) is 7.63. The van der Waals surface area contributed by atoms with E-state index in [9.17, 15) is 0 Å². The molecule has 2 heterocycles. The minimum atomic E-state index is -0.507. The van der Waals surface area contributed by atoms with E-state index < -0.39 is 5.41 Å². The molecule has 65 heavy (non-hydrogen) atoms. The predicted octanol–water partition coefficient (Wildman–Crippen LogP) is 16.5. The van der Waals surface area contributed by atoms with Crippen LogP contribution in [-0.4, -0.2) is 4.57 Å². The lowest BCUT2D eigenvalue weighted by atomic mass is 9.59. The number of fused-ring (bicyclic) bond motifs is 14. The Labute approximate surface area is 383 Å². The van der Waals surface area contributed by atoms with Crippen molar-refractivity contribution in [3.05, 3.63) is 252 Å². The molecule has 14 rings (SSSR count). The topological polar surface area (TPSA) is 8.17 Å². The molecule has 1 aromatic heterocycles. The maximum Gasteiger partial charge on any atom is 0.0735 e. The van der Waals surface area contributed by atoms with Crippen molar-refractivity contribution in [2.75, 3.05) is 4.90 Å². The highest BCUT2D eigenvalue weighted by molar-refractivity contribution is 7.99. The normalized spacial score (nSPS) is 16.0. The largest absolute Gasteiger partial charge is 0.310 e. The van der Waals surface area contributed by atoms with E-state index in [0.29, 0.717) is 0 Å². The van der Waals surface area contributed by atoms with E-state index in [-0.39, 0.29) is 5.41 Å². The molecular weight excluding hydrogens is 805 g/mol.